The van der Waals surface area contributed by atoms with Crippen molar-refractivity contribution in [2.24, 2.45) is 0 Å². The van der Waals surface area contributed by atoms with Gasteiger partial charge in [-0.2, -0.15) is 14.6 Å². The molecule has 3 amide bonds. The number of amides is 3. The summed E-state index contributed by atoms with van der Waals surface area (Å²) in [6, 6.07) is 10.4. The van der Waals surface area contributed by atoms with Crippen LogP contribution in [-0.4, -0.2) is 59.8 Å². The van der Waals surface area contributed by atoms with Gasteiger partial charge in [0.25, 0.3) is 17.6 Å². The Labute approximate surface area is 240 Å². The summed E-state index contributed by atoms with van der Waals surface area (Å²) in [6.45, 7) is 4.83. The molecule has 1 aliphatic carbocycles. The van der Waals surface area contributed by atoms with E-state index in [1.54, 1.807) is 30.9 Å². The fourth-order valence-electron chi connectivity index (χ4n) is 5.85. The molecule has 0 radical (unpaired) electrons. The minimum Gasteiger partial charge on any atom is -0.478 e. The lowest BCUT2D eigenvalue weighted by Crippen LogP contribution is -2.34. The van der Waals surface area contributed by atoms with Crippen LogP contribution in [0.25, 0.3) is 5.78 Å². The fourth-order valence-corrected chi connectivity index (χ4v) is 5.85. The average molecular weight is 568 g/mol. The smallest absolute Gasteiger partial charge is 0.335 e. The van der Waals surface area contributed by atoms with Gasteiger partial charge in [0.15, 0.2) is 0 Å². The Hall–Kier alpha value is -5.13. The minimum atomic E-state index is -0.981. The van der Waals surface area contributed by atoms with Gasteiger partial charge >= 0.3 is 5.97 Å². The van der Waals surface area contributed by atoms with Crippen LogP contribution < -0.4 is 10.6 Å². The number of fused-ring (bicyclic) bond motifs is 3. The van der Waals surface area contributed by atoms with Gasteiger partial charge in [0.05, 0.1) is 11.6 Å². The van der Waals surface area contributed by atoms with Crippen LogP contribution >= 0.6 is 0 Å². The number of rotatable bonds is 6. The van der Waals surface area contributed by atoms with E-state index in [9.17, 15) is 24.3 Å². The van der Waals surface area contributed by atoms with E-state index >= 15 is 0 Å². The van der Waals surface area contributed by atoms with E-state index in [1.807, 2.05) is 18.2 Å². The van der Waals surface area contributed by atoms with E-state index in [2.05, 4.69) is 25.7 Å². The van der Waals surface area contributed by atoms with Gasteiger partial charge in [-0.25, -0.2) is 9.78 Å². The zero-order chi connectivity index (χ0) is 29.5. The second-order valence-electron chi connectivity index (χ2n) is 10.7. The first-order chi connectivity index (χ1) is 20.2. The summed E-state index contributed by atoms with van der Waals surface area (Å²) in [5.74, 6) is -1.76. The third-order valence-corrected chi connectivity index (χ3v) is 8.13. The zero-order valence-corrected chi connectivity index (χ0v) is 23.2. The Bertz CT molecular complexity index is 1780. The fraction of sp³-hybridized carbons (Fsp3) is 0.300. The zero-order valence-electron chi connectivity index (χ0n) is 23.2. The Kier molecular flexibility index (Phi) is 6.89. The van der Waals surface area contributed by atoms with E-state index in [4.69, 9.17) is 0 Å². The van der Waals surface area contributed by atoms with Crippen molar-refractivity contribution in [3.63, 3.8) is 0 Å². The van der Waals surface area contributed by atoms with Gasteiger partial charge in [-0.15, -0.1) is 0 Å². The van der Waals surface area contributed by atoms with Crippen LogP contribution in [0.2, 0.25) is 0 Å². The number of carbonyl (C=O) groups is 4. The second-order valence-corrected chi connectivity index (χ2v) is 10.7. The molecule has 0 bridgehead atoms. The van der Waals surface area contributed by atoms with Gasteiger partial charge in [-0.3, -0.25) is 14.4 Å². The molecule has 0 saturated carbocycles. The Balaban J connectivity index is 1.19. The van der Waals surface area contributed by atoms with Gasteiger partial charge in [0.2, 0.25) is 5.91 Å². The number of hydrogen-bond acceptors (Lipinski definition) is 7. The molecule has 2 aromatic heterocycles. The van der Waals surface area contributed by atoms with Crippen LogP contribution in [0.4, 0.5) is 0 Å². The third-order valence-electron chi connectivity index (χ3n) is 8.13. The number of benzene rings is 2. The molecule has 1 aliphatic heterocycles. The molecule has 3 heterocycles. The molecule has 1 atom stereocenters. The standard InChI is InChI=1S/C30H29N7O5/c1-16-21-7-8-24(23(21)6-5-22(16)29(41)42)34-28(40)26-12-25(35-30-32-15-33-37(26)30)27(39)31-13-18-3-4-19-9-10-36(17(2)38)14-20(19)11-18/h3-6,11-12,15,24H,7-10,13-14H2,1-2H3,(H,31,39)(H,34,40)(H,41,42)/t24-/m0/s1. The number of nitrogens with zero attached hydrogens (tertiary/aromatic N) is 5. The molecule has 0 saturated heterocycles. The first kappa shape index (κ1) is 27.1. The largest absolute Gasteiger partial charge is 0.478 e. The summed E-state index contributed by atoms with van der Waals surface area (Å²) in [7, 11) is 0. The number of carbonyl (C=O) groups excluding carboxylic acids is 3. The monoisotopic (exact) mass is 567 g/mol. The van der Waals surface area contributed by atoms with E-state index in [1.165, 1.54) is 22.5 Å². The predicted molar refractivity (Wildman–Crippen MR) is 150 cm³/mol. The van der Waals surface area contributed by atoms with E-state index in [0.29, 0.717) is 31.5 Å². The number of nitrogens with one attached hydrogen (secondary N) is 2. The number of aromatic carboxylic acids is 1. The molecule has 214 valence electrons. The highest BCUT2D eigenvalue weighted by molar-refractivity contribution is 5.98. The van der Waals surface area contributed by atoms with E-state index < -0.39 is 17.8 Å². The average Bonchev–Trinajstić information content (AvgIpc) is 3.62. The van der Waals surface area contributed by atoms with Crippen molar-refractivity contribution in [3.05, 3.63) is 93.1 Å². The molecule has 12 heteroatoms. The first-order valence-electron chi connectivity index (χ1n) is 13.7. The van der Waals surface area contributed by atoms with Crippen molar-refractivity contribution in [1.29, 1.82) is 0 Å². The molecule has 6 rings (SSSR count). The molecule has 2 aromatic carbocycles. The van der Waals surface area contributed by atoms with Crippen LogP contribution in [0, 0.1) is 6.92 Å². The minimum absolute atomic E-state index is 0.0233. The maximum Gasteiger partial charge on any atom is 0.335 e. The highest BCUT2D eigenvalue weighted by atomic mass is 16.4. The molecule has 4 aromatic rings. The van der Waals surface area contributed by atoms with Crippen molar-refractivity contribution in [2.45, 2.75) is 52.2 Å². The summed E-state index contributed by atoms with van der Waals surface area (Å²) in [5.41, 5.74) is 6.03. The highest BCUT2D eigenvalue weighted by Gasteiger charge is 2.29. The molecule has 0 fully saturated rings. The molecule has 3 N–H and O–H groups in total. The van der Waals surface area contributed by atoms with Gasteiger partial charge in [-0.05, 0) is 65.6 Å². The number of aromatic nitrogens is 4. The quantitative estimate of drug-likeness (QED) is 0.320. The maximum absolute atomic E-state index is 13.5. The van der Waals surface area contributed by atoms with Crippen molar-refractivity contribution < 1.29 is 24.3 Å². The van der Waals surface area contributed by atoms with Gasteiger partial charge < -0.3 is 20.6 Å². The van der Waals surface area contributed by atoms with Crippen LogP contribution in [0.3, 0.4) is 0 Å². The van der Waals surface area contributed by atoms with E-state index in [0.717, 1.165) is 28.7 Å². The third kappa shape index (κ3) is 4.95. The van der Waals surface area contributed by atoms with Crippen molar-refractivity contribution in [1.82, 2.24) is 35.1 Å². The summed E-state index contributed by atoms with van der Waals surface area (Å²) >= 11 is 0. The number of carboxylic acids is 1. The highest BCUT2D eigenvalue weighted by Crippen LogP contribution is 2.35. The van der Waals surface area contributed by atoms with Crippen molar-refractivity contribution >= 4 is 29.5 Å². The van der Waals surface area contributed by atoms with Gasteiger partial charge in [0.1, 0.15) is 17.7 Å². The molecule has 2 aliphatic rings. The Morgan fingerprint density at radius 1 is 1.05 bits per heavy atom. The second kappa shape index (κ2) is 10.7. The van der Waals surface area contributed by atoms with E-state index in [-0.39, 0.29) is 41.2 Å². The topological polar surface area (TPSA) is 159 Å². The number of hydrogen-bond donors (Lipinski definition) is 3. The van der Waals surface area contributed by atoms with Crippen molar-refractivity contribution in [3.8, 4) is 0 Å². The molecule has 42 heavy (non-hydrogen) atoms. The molecular formula is C30H29N7O5. The van der Waals surface area contributed by atoms with Crippen molar-refractivity contribution in [2.75, 3.05) is 6.54 Å². The Morgan fingerprint density at radius 3 is 2.67 bits per heavy atom. The summed E-state index contributed by atoms with van der Waals surface area (Å²) in [6.07, 6.45) is 3.32. The van der Waals surface area contributed by atoms with Crippen LogP contribution in [0.5, 0.6) is 0 Å². The van der Waals surface area contributed by atoms with Crippen LogP contribution in [-0.2, 0) is 30.7 Å². The number of carboxylic acid groups (broad SMARTS) is 1. The molecular weight excluding hydrogens is 538 g/mol. The van der Waals surface area contributed by atoms with Gasteiger partial charge in [0, 0.05) is 32.6 Å². The predicted octanol–water partition coefficient (Wildman–Crippen LogP) is 2.38. The normalized spacial score (nSPS) is 15.7. The van der Waals surface area contributed by atoms with Gasteiger partial charge in [-0.1, -0.05) is 24.3 Å². The van der Waals surface area contributed by atoms with Crippen LogP contribution in [0.15, 0.2) is 42.7 Å². The maximum atomic E-state index is 13.5. The van der Waals surface area contributed by atoms with Crippen LogP contribution in [0.1, 0.15) is 84.1 Å². The summed E-state index contributed by atoms with van der Waals surface area (Å²) in [4.78, 5) is 60.2. The summed E-state index contributed by atoms with van der Waals surface area (Å²) in [5, 5.41) is 19.4. The lowest BCUT2D eigenvalue weighted by molar-refractivity contribution is -0.129. The molecule has 0 unspecified atom stereocenters. The lowest BCUT2D eigenvalue weighted by Gasteiger charge is -2.28. The SMILES string of the molecule is CC(=O)N1CCc2ccc(CNC(=O)c3cc(C(=O)N[C@H]4CCc5c4ccc(C(=O)O)c5C)n4ncnc4n3)cc2C1. The first-order valence-corrected chi connectivity index (χ1v) is 13.7. The molecule has 12 nitrogen and oxygen atoms in total. The molecule has 0 spiro atoms. The lowest BCUT2D eigenvalue weighted by atomic mass is 9.97. The Morgan fingerprint density at radius 2 is 1.88 bits per heavy atom. The summed E-state index contributed by atoms with van der Waals surface area (Å²) < 4.78 is 1.28.